The van der Waals surface area contributed by atoms with E-state index in [1.54, 1.807) is 0 Å². The number of benzene rings is 1. The van der Waals surface area contributed by atoms with Crippen LogP contribution in [0, 0.1) is 17.5 Å². The van der Waals surface area contributed by atoms with Gasteiger partial charge in [-0.1, -0.05) is 12.8 Å². The van der Waals surface area contributed by atoms with Crippen LogP contribution in [0.15, 0.2) is 23.0 Å². The van der Waals surface area contributed by atoms with Gasteiger partial charge in [-0.2, -0.15) is 0 Å². The van der Waals surface area contributed by atoms with Gasteiger partial charge in [-0.3, -0.25) is 4.79 Å². The van der Waals surface area contributed by atoms with Crippen LogP contribution in [0.2, 0.25) is 0 Å². The third-order valence-corrected chi connectivity index (χ3v) is 3.79. The topological polar surface area (TPSA) is 45.8 Å². The van der Waals surface area contributed by atoms with E-state index in [1.165, 1.54) is 6.07 Å². The van der Waals surface area contributed by atoms with Crippen LogP contribution in [-0.2, 0) is 0 Å². The number of hydrogen-bond donors (Lipinski definition) is 1. The Morgan fingerprint density at radius 1 is 1.05 bits per heavy atom. The van der Waals surface area contributed by atoms with Gasteiger partial charge in [0.1, 0.15) is 5.82 Å². The molecular weight excluding hydrogens is 281 g/mol. The van der Waals surface area contributed by atoms with Crippen molar-refractivity contribution in [2.75, 3.05) is 0 Å². The molecule has 1 N–H and O–H groups in total. The van der Waals surface area contributed by atoms with Crippen LogP contribution in [0.4, 0.5) is 13.2 Å². The van der Waals surface area contributed by atoms with Gasteiger partial charge in [0.05, 0.1) is 5.69 Å². The fraction of sp³-hybridized carbons (Fsp3) is 0.333. The predicted octanol–water partition coefficient (Wildman–Crippen LogP) is 3.51. The van der Waals surface area contributed by atoms with Crippen LogP contribution in [0.3, 0.4) is 0 Å². The number of H-pyrrole nitrogens is 1. The molecule has 0 saturated heterocycles. The minimum absolute atomic E-state index is 0.0170. The van der Waals surface area contributed by atoms with Gasteiger partial charge < -0.3 is 4.98 Å². The van der Waals surface area contributed by atoms with Gasteiger partial charge in [0, 0.05) is 17.5 Å². The standard InChI is InChI=1S/C15H13F3N2O/c16-10-5-9(6-11(17)14(10)18)15-19-12(7-13(21)20-15)8-3-1-2-4-8/h5-8H,1-4H2,(H,19,20,21). The minimum Gasteiger partial charge on any atom is -0.307 e. The van der Waals surface area contributed by atoms with E-state index in [9.17, 15) is 18.0 Å². The van der Waals surface area contributed by atoms with Gasteiger partial charge in [-0.15, -0.1) is 0 Å². The van der Waals surface area contributed by atoms with Gasteiger partial charge >= 0.3 is 0 Å². The number of nitrogens with zero attached hydrogens (tertiary/aromatic N) is 1. The molecule has 1 aliphatic carbocycles. The predicted molar refractivity (Wildman–Crippen MR) is 71.4 cm³/mol. The van der Waals surface area contributed by atoms with Crippen molar-refractivity contribution in [3.8, 4) is 11.4 Å². The Kier molecular flexibility index (Phi) is 3.53. The van der Waals surface area contributed by atoms with Crippen LogP contribution >= 0.6 is 0 Å². The zero-order valence-electron chi connectivity index (χ0n) is 11.1. The van der Waals surface area contributed by atoms with E-state index < -0.39 is 17.5 Å². The molecule has 0 aliphatic heterocycles. The van der Waals surface area contributed by atoms with Crippen LogP contribution in [-0.4, -0.2) is 9.97 Å². The second-order valence-corrected chi connectivity index (χ2v) is 5.25. The number of hydrogen-bond acceptors (Lipinski definition) is 2. The number of aromatic amines is 1. The van der Waals surface area contributed by atoms with Crippen molar-refractivity contribution in [3.63, 3.8) is 0 Å². The molecule has 3 nitrogen and oxygen atoms in total. The smallest absolute Gasteiger partial charge is 0.251 e. The molecule has 21 heavy (non-hydrogen) atoms. The summed E-state index contributed by atoms with van der Waals surface area (Å²) >= 11 is 0. The molecule has 0 atom stereocenters. The maximum atomic E-state index is 13.3. The Hall–Kier alpha value is -2.11. The monoisotopic (exact) mass is 294 g/mol. The first kappa shape index (κ1) is 13.9. The summed E-state index contributed by atoms with van der Waals surface area (Å²) in [5.41, 5.74) is 0.256. The highest BCUT2D eigenvalue weighted by Crippen LogP contribution is 2.33. The highest BCUT2D eigenvalue weighted by atomic mass is 19.2. The summed E-state index contributed by atoms with van der Waals surface area (Å²) in [6.07, 6.45) is 4.05. The van der Waals surface area contributed by atoms with Crippen LogP contribution in [0.25, 0.3) is 11.4 Å². The van der Waals surface area contributed by atoms with E-state index in [4.69, 9.17) is 0 Å². The summed E-state index contributed by atoms with van der Waals surface area (Å²) < 4.78 is 39.6. The molecule has 1 aromatic heterocycles. The first-order valence-electron chi connectivity index (χ1n) is 6.81. The van der Waals surface area contributed by atoms with Gasteiger partial charge in [0.2, 0.25) is 0 Å². The highest BCUT2D eigenvalue weighted by Gasteiger charge is 2.20. The summed E-state index contributed by atoms with van der Waals surface area (Å²) in [7, 11) is 0. The quantitative estimate of drug-likeness (QED) is 0.861. The average molecular weight is 294 g/mol. The van der Waals surface area contributed by atoms with Gasteiger partial charge in [0.15, 0.2) is 17.5 Å². The molecule has 1 aliphatic rings. The molecule has 0 spiro atoms. The Balaban J connectivity index is 2.08. The van der Waals surface area contributed by atoms with Crippen molar-refractivity contribution in [2.45, 2.75) is 31.6 Å². The summed E-state index contributed by atoms with van der Waals surface area (Å²) in [4.78, 5) is 18.4. The van der Waals surface area contributed by atoms with E-state index in [0.29, 0.717) is 5.69 Å². The molecular formula is C15H13F3N2O. The molecule has 1 saturated carbocycles. The van der Waals surface area contributed by atoms with Crippen molar-refractivity contribution in [2.24, 2.45) is 0 Å². The Labute approximate surface area is 118 Å². The maximum Gasteiger partial charge on any atom is 0.251 e. The van der Waals surface area contributed by atoms with Crippen LogP contribution in [0.1, 0.15) is 37.3 Å². The summed E-state index contributed by atoms with van der Waals surface area (Å²) in [6, 6.07) is 3.07. The van der Waals surface area contributed by atoms with Crippen molar-refractivity contribution >= 4 is 0 Å². The fourth-order valence-electron chi connectivity index (χ4n) is 2.74. The fourth-order valence-corrected chi connectivity index (χ4v) is 2.74. The average Bonchev–Trinajstić information content (AvgIpc) is 2.97. The van der Waals surface area contributed by atoms with E-state index in [0.717, 1.165) is 37.8 Å². The lowest BCUT2D eigenvalue weighted by atomic mass is 10.0. The second-order valence-electron chi connectivity index (χ2n) is 5.25. The molecule has 0 amide bonds. The Morgan fingerprint density at radius 2 is 1.67 bits per heavy atom. The lowest BCUT2D eigenvalue weighted by Crippen LogP contribution is -2.12. The normalized spacial score (nSPS) is 15.6. The zero-order valence-corrected chi connectivity index (χ0v) is 11.1. The van der Waals surface area contributed by atoms with Crippen molar-refractivity contribution in [3.05, 3.63) is 51.7 Å². The molecule has 3 rings (SSSR count). The number of rotatable bonds is 2. The van der Waals surface area contributed by atoms with Gasteiger partial charge in [-0.25, -0.2) is 18.2 Å². The number of nitrogens with one attached hydrogen (secondary N) is 1. The van der Waals surface area contributed by atoms with Crippen molar-refractivity contribution in [1.29, 1.82) is 0 Å². The van der Waals surface area contributed by atoms with Gasteiger partial charge in [-0.05, 0) is 25.0 Å². The molecule has 6 heteroatoms. The van der Waals surface area contributed by atoms with Crippen LogP contribution in [0.5, 0.6) is 0 Å². The molecule has 110 valence electrons. The molecule has 1 aromatic carbocycles. The lowest BCUT2D eigenvalue weighted by Gasteiger charge is -2.10. The highest BCUT2D eigenvalue weighted by molar-refractivity contribution is 5.55. The molecule has 0 bridgehead atoms. The maximum absolute atomic E-state index is 13.3. The number of aromatic nitrogens is 2. The largest absolute Gasteiger partial charge is 0.307 e. The summed E-state index contributed by atoms with van der Waals surface area (Å²) in [5.74, 6) is -3.89. The van der Waals surface area contributed by atoms with Gasteiger partial charge in [0.25, 0.3) is 5.56 Å². The summed E-state index contributed by atoms with van der Waals surface area (Å²) in [5, 5.41) is 0. The Morgan fingerprint density at radius 3 is 2.29 bits per heavy atom. The van der Waals surface area contributed by atoms with Crippen molar-refractivity contribution < 1.29 is 13.2 Å². The third kappa shape index (κ3) is 2.70. The van der Waals surface area contributed by atoms with Crippen LogP contribution < -0.4 is 5.56 Å². The first-order valence-corrected chi connectivity index (χ1v) is 6.81. The van der Waals surface area contributed by atoms with E-state index in [-0.39, 0.29) is 22.9 Å². The molecule has 0 radical (unpaired) electrons. The first-order chi connectivity index (χ1) is 10.0. The summed E-state index contributed by atoms with van der Waals surface area (Å²) in [6.45, 7) is 0. The number of halogens is 3. The van der Waals surface area contributed by atoms with E-state index >= 15 is 0 Å². The Bertz CT molecular complexity index is 713. The molecule has 0 unspecified atom stereocenters. The van der Waals surface area contributed by atoms with E-state index in [2.05, 4.69) is 9.97 Å². The van der Waals surface area contributed by atoms with E-state index in [1.807, 2.05) is 0 Å². The molecule has 1 heterocycles. The lowest BCUT2D eigenvalue weighted by molar-refractivity contribution is 0.447. The molecule has 2 aromatic rings. The SMILES string of the molecule is O=c1cc(C2CCCC2)nc(-c2cc(F)c(F)c(F)c2)[nH]1. The zero-order chi connectivity index (χ0) is 15.0. The minimum atomic E-state index is -1.53. The molecule has 1 fully saturated rings. The third-order valence-electron chi connectivity index (χ3n) is 3.79. The second kappa shape index (κ2) is 5.35. The van der Waals surface area contributed by atoms with Crippen molar-refractivity contribution in [1.82, 2.24) is 9.97 Å².